The van der Waals surface area contributed by atoms with Crippen LogP contribution in [0.4, 0.5) is 9.59 Å². The minimum Gasteiger partial charge on any atom is -0.462 e. The Hall–Kier alpha value is -5.00. The maximum absolute atomic E-state index is 15.9. The topological polar surface area (TPSA) is 271 Å². The molecule has 1 aliphatic rings. The number of rotatable bonds is 61. The van der Waals surface area contributed by atoms with Crippen molar-refractivity contribution < 1.29 is 94.3 Å². The molecule has 2 amide bonds. The van der Waals surface area contributed by atoms with Crippen LogP contribution in [-0.4, -0.2) is 124 Å². The third-order valence-electron chi connectivity index (χ3n) is 19.0. The molecule has 640 valence electrons. The maximum Gasteiger partial charge on any atom is 0.588 e. The number of nitrogens with one attached hydrogen (secondary N) is 2. The van der Waals surface area contributed by atoms with E-state index in [1.165, 1.54) is 51.0 Å². The van der Waals surface area contributed by atoms with Gasteiger partial charge in [0.2, 0.25) is 13.5 Å². The van der Waals surface area contributed by atoms with Crippen LogP contribution in [0.3, 0.4) is 0 Å². The number of hydrogen-bond donors (Lipinski definition) is 2. The predicted molar refractivity (Wildman–Crippen MR) is 443 cm³/mol. The van der Waals surface area contributed by atoms with Crippen molar-refractivity contribution in [3.63, 3.8) is 0 Å². The van der Waals surface area contributed by atoms with Crippen LogP contribution in [0.5, 0.6) is 11.5 Å². The highest BCUT2D eigenvalue weighted by molar-refractivity contribution is 7.49. The third-order valence-corrected chi connectivity index (χ3v) is 22.1. The van der Waals surface area contributed by atoms with E-state index in [0.29, 0.717) is 37.7 Å². The lowest BCUT2D eigenvalue weighted by Gasteiger charge is -2.45. The molecule has 0 unspecified atom stereocenters. The SMILES string of the molecule is CCCCCCCCCCC[C@H](CC(=O)N[C@H](CO[C@@H]1O[C@H](COC(=O)OC(C)(C)C(Cl)(Cl)Cl)[C@@H](OP(=O)(Oc2ccccc2)Oc2ccccc2)[C@H](OC(=O)C[C@@H](CCCCCCCCCCC)OC(=O)CCCCCCCCC)[C@H]1NC(=O)OCC(Cl)(Cl)Cl)C(=O)OCc1ccccc1)OC(=O)CCCCCCCCC. The van der Waals surface area contributed by atoms with Crippen molar-refractivity contribution in [1.82, 2.24) is 10.6 Å². The van der Waals surface area contributed by atoms with E-state index in [9.17, 15) is 28.8 Å². The van der Waals surface area contributed by atoms with Crippen molar-refractivity contribution in [1.29, 1.82) is 0 Å². The van der Waals surface area contributed by atoms with Gasteiger partial charge in [-0.15, -0.1) is 0 Å². The second-order valence-electron chi connectivity index (χ2n) is 29.5. The molecule has 3 aromatic rings. The van der Waals surface area contributed by atoms with Crippen LogP contribution < -0.4 is 19.7 Å². The quantitative estimate of drug-likeness (QED) is 0.0175. The Labute approximate surface area is 702 Å². The lowest BCUT2D eigenvalue weighted by molar-refractivity contribution is -0.272. The number of carbonyl (C=O) groups is 7. The summed E-state index contributed by atoms with van der Waals surface area (Å²) in [6, 6.07) is 20.4. The molecule has 1 saturated heterocycles. The summed E-state index contributed by atoms with van der Waals surface area (Å²) in [5, 5.41) is 5.31. The Kier molecular flexibility index (Phi) is 51.5. The molecule has 4 rings (SSSR count). The molecule has 113 heavy (non-hydrogen) atoms. The summed E-state index contributed by atoms with van der Waals surface area (Å²) in [6.45, 7) is 8.16. The summed E-state index contributed by atoms with van der Waals surface area (Å²) < 4.78 is 84.9. The van der Waals surface area contributed by atoms with Crippen LogP contribution >= 0.6 is 77.4 Å². The van der Waals surface area contributed by atoms with Crippen LogP contribution in [0.1, 0.15) is 291 Å². The van der Waals surface area contributed by atoms with Gasteiger partial charge in [-0.3, -0.25) is 23.7 Å². The molecule has 0 saturated carbocycles. The van der Waals surface area contributed by atoms with Gasteiger partial charge >= 0.3 is 43.9 Å². The second kappa shape index (κ2) is 58.0. The van der Waals surface area contributed by atoms with Crippen molar-refractivity contribution in [3.05, 3.63) is 96.6 Å². The molecule has 0 spiro atoms. The van der Waals surface area contributed by atoms with Gasteiger partial charge in [-0.2, -0.15) is 0 Å². The smallest absolute Gasteiger partial charge is 0.462 e. The zero-order valence-corrected chi connectivity index (χ0v) is 72.8. The molecule has 0 radical (unpaired) electrons. The van der Waals surface area contributed by atoms with Crippen LogP contribution in [0.2, 0.25) is 0 Å². The maximum atomic E-state index is 15.9. The number of unbranched alkanes of at least 4 members (excludes halogenated alkanes) is 28. The molecule has 8 atom stereocenters. The number of ether oxygens (including phenoxy) is 9. The molecule has 1 aliphatic heterocycles. The first-order valence-corrected chi connectivity index (χ1v) is 44.9. The van der Waals surface area contributed by atoms with E-state index >= 15 is 9.36 Å². The Morgan fingerprint density at radius 1 is 0.504 bits per heavy atom. The monoisotopic (exact) mass is 1720 g/mol. The van der Waals surface area contributed by atoms with Gasteiger partial charge in [0, 0.05) is 12.8 Å². The van der Waals surface area contributed by atoms with Gasteiger partial charge in [-0.05, 0) is 82.2 Å². The standard InChI is InChI=1S/C84H127Cl6N2O20P/c1-7-11-15-19-23-25-29-31-40-54-67(105-72(94)56-46-33-27-21-17-13-9-3)58-71(93)91-69(78(97)101-60-64-48-38-35-39-49-64)61-102-79-75(92-80(98)104-63-83(85,86)87)77(108-74(96)59-68(55-41-32-30-26-24-20-16-12-8-2)106-73(95)57-47-34-28-22-18-14-10-4)76(70(107-79)62-103-81(99)109-82(5,6)84(88,89)90)112-113(100,110-65-50-42-36-43-51-65)111-66-52-44-37-45-53-66/h35-39,42-45,48-53,67-70,75-77,79H,7-34,40-41,46-47,54-63H2,1-6H3,(H,91,93)(H,92,98)/t67-,68-,69-,70-,75-,76-,77-,79-/m1/s1. The van der Waals surface area contributed by atoms with Crippen LogP contribution in [0.25, 0.3) is 0 Å². The first-order valence-electron chi connectivity index (χ1n) is 41.2. The van der Waals surface area contributed by atoms with Gasteiger partial charge in [0.05, 0.1) is 19.4 Å². The van der Waals surface area contributed by atoms with Crippen LogP contribution in [-0.2, 0) is 82.3 Å². The fraction of sp³-hybridized carbons (Fsp3) is 0.702. The molecule has 29 heteroatoms. The first kappa shape index (κ1) is 100. The Morgan fingerprint density at radius 2 is 0.929 bits per heavy atom. The molecular formula is C84H127Cl6N2O20P. The van der Waals surface area contributed by atoms with Crippen molar-refractivity contribution in [2.24, 2.45) is 0 Å². The number of carbonyl (C=O) groups excluding carboxylic acids is 7. The molecule has 0 aliphatic carbocycles. The highest BCUT2D eigenvalue weighted by Crippen LogP contribution is 2.53. The second-order valence-corrected chi connectivity index (χ2v) is 35.8. The number of phosphoric ester groups is 1. The number of esters is 4. The average Bonchev–Trinajstić information content (AvgIpc) is 0.770. The van der Waals surface area contributed by atoms with Crippen LogP contribution in [0.15, 0.2) is 91.0 Å². The Morgan fingerprint density at radius 3 is 1.37 bits per heavy atom. The lowest BCUT2D eigenvalue weighted by atomic mass is 9.96. The predicted octanol–water partition coefficient (Wildman–Crippen LogP) is 23.0. The first-order chi connectivity index (χ1) is 54.2. The Bertz CT molecular complexity index is 3110. The van der Waals surface area contributed by atoms with E-state index in [-0.39, 0.29) is 43.8 Å². The summed E-state index contributed by atoms with van der Waals surface area (Å²) in [7, 11) is -5.26. The van der Waals surface area contributed by atoms with Gasteiger partial charge in [-0.1, -0.05) is 344 Å². The average molecular weight is 1730 g/mol. The van der Waals surface area contributed by atoms with Gasteiger partial charge in [0.25, 0.3) is 0 Å². The highest BCUT2D eigenvalue weighted by atomic mass is 35.6. The zero-order chi connectivity index (χ0) is 82.6. The largest absolute Gasteiger partial charge is 0.588 e. The molecule has 3 aromatic carbocycles. The zero-order valence-electron chi connectivity index (χ0n) is 67.4. The van der Waals surface area contributed by atoms with E-state index in [2.05, 4.69) is 38.3 Å². The number of amides is 2. The van der Waals surface area contributed by atoms with Crippen molar-refractivity contribution in [3.8, 4) is 11.5 Å². The van der Waals surface area contributed by atoms with E-state index in [4.69, 9.17) is 126 Å². The molecule has 1 fully saturated rings. The van der Waals surface area contributed by atoms with Crippen LogP contribution in [0, 0.1) is 0 Å². The summed E-state index contributed by atoms with van der Waals surface area (Å²) >= 11 is 37.2. The van der Waals surface area contributed by atoms with E-state index in [0.717, 1.165) is 167 Å². The number of halogens is 6. The van der Waals surface area contributed by atoms with E-state index < -0.39 is 138 Å². The number of alkyl carbamates (subject to hydrolysis) is 1. The molecule has 0 bridgehead atoms. The summed E-state index contributed by atoms with van der Waals surface area (Å²) in [5.41, 5.74) is -1.29. The number of phosphoric acid groups is 1. The summed E-state index contributed by atoms with van der Waals surface area (Å²) in [5.74, 6) is -3.99. The Balaban J connectivity index is 1.93. The van der Waals surface area contributed by atoms with Gasteiger partial charge in [0.1, 0.15) is 61.8 Å². The summed E-state index contributed by atoms with van der Waals surface area (Å²) in [6.07, 6.45) is 18.1. The van der Waals surface area contributed by atoms with Gasteiger partial charge in [0.15, 0.2) is 24.0 Å². The van der Waals surface area contributed by atoms with E-state index in [1.54, 1.807) is 66.7 Å². The van der Waals surface area contributed by atoms with Crippen molar-refractivity contribution >= 4 is 119 Å². The molecule has 1 heterocycles. The van der Waals surface area contributed by atoms with E-state index in [1.807, 2.05) is 0 Å². The highest BCUT2D eigenvalue weighted by Gasteiger charge is 2.55. The number of para-hydroxylation sites is 2. The van der Waals surface area contributed by atoms with Gasteiger partial charge < -0.3 is 62.3 Å². The summed E-state index contributed by atoms with van der Waals surface area (Å²) in [4.78, 5) is 101. The van der Waals surface area contributed by atoms with Crippen molar-refractivity contribution in [2.45, 2.75) is 354 Å². The van der Waals surface area contributed by atoms with Gasteiger partial charge in [-0.25, -0.2) is 18.9 Å². The van der Waals surface area contributed by atoms with Crippen molar-refractivity contribution in [2.75, 3.05) is 19.8 Å². The lowest BCUT2D eigenvalue weighted by Crippen LogP contribution is -2.67. The number of alkyl halides is 6. The molecular weight excluding hydrogens is 1600 g/mol. The normalized spacial score (nSPS) is 16.7. The fourth-order valence-corrected chi connectivity index (χ4v) is 14.3. The number of hydrogen-bond acceptors (Lipinski definition) is 20. The third kappa shape index (κ3) is 45.5. The minimum atomic E-state index is -5.26. The number of benzene rings is 3. The molecule has 22 nitrogen and oxygen atoms in total. The molecule has 2 N–H and O–H groups in total. The minimum absolute atomic E-state index is 0.0603. The fourth-order valence-electron chi connectivity index (χ4n) is 12.6. The molecule has 0 aromatic heterocycles.